The number of carbonyl (C=O) groups excluding carboxylic acids is 1. The van der Waals surface area contributed by atoms with E-state index in [1.54, 1.807) is 30.3 Å². The lowest BCUT2D eigenvalue weighted by Crippen LogP contribution is -2.20. The van der Waals surface area contributed by atoms with Crippen LogP contribution in [0.15, 0.2) is 48.0 Å². The summed E-state index contributed by atoms with van der Waals surface area (Å²) in [5, 5.41) is 20.4. The molecule has 0 heterocycles. The third-order valence-electron chi connectivity index (χ3n) is 3.43. The molecule has 2 aromatic rings. The maximum atomic E-state index is 12.0. The van der Waals surface area contributed by atoms with Crippen LogP contribution in [0.1, 0.15) is 11.1 Å². The van der Waals surface area contributed by atoms with Gasteiger partial charge in [0.25, 0.3) is 5.91 Å². The Balaban J connectivity index is 2.04. The van der Waals surface area contributed by atoms with Crippen LogP contribution in [0.5, 0.6) is 11.5 Å². The highest BCUT2D eigenvalue weighted by molar-refractivity contribution is 5.91. The molecule has 0 saturated carbocycles. The van der Waals surface area contributed by atoms with Gasteiger partial charge in [-0.1, -0.05) is 23.8 Å². The molecule has 0 unspecified atom stereocenters. The van der Waals surface area contributed by atoms with Gasteiger partial charge in [-0.2, -0.15) is 10.5 Å². The largest absolute Gasteiger partial charge is 0.493 e. The summed E-state index contributed by atoms with van der Waals surface area (Å²) in [6.45, 7) is 1.79. The van der Waals surface area contributed by atoms with E-state index in [0.717, 1.165) is 5.56 Å². The number of aryl methyl sites for hydroxylation is 1. The highest BCUT2D eigenvalue weighted by Gasteiger charge is 2.09. The van der Waals surface area contributed by atoms with E-state index in [0.29, 0.717) is 22.7 Å². The van der Waals surface area contributed by atoms with E-state index in [4.69, 9.17) is 20.0 Å². The summed E-state index contributed by atoms with van der Waals surface area (Å²) in [5.41, 5.74) is 2.40. The van der Waals surface area contributed by atoms with Gasteiger partial charge in [-0.25, -0.2) is 0 Å². The number of hydrogen-bond acceptors (Lipinski definition) is 5. The normalized spacial score (nSPS) is 9.38. The van der Waals surface area contributed by atoms with Crippen LogP contribution in [-0.2, 0) is 4.79 Å². The summed E-state index contributed by atoms with van der Waals surface area (Å²) < 4.78 is 10.8. The fraction of sp³-hybridized carbons (Fsp3) is 0.150. The molecule has 0 spiro atoms. The van der Waals surface area contributed by atoms with E-state index in [1.807, 2.05) is 31.2 Å². The van der Waals surface area contributed by atoms with Crippen LogP contribution in [0, 0.1) is 29.6 Å². The van der Waals surface area contributed by atoms with Crippen molar-refractivity contribution in [1.82, 2.24) is 0 Å². The summed E-state index contributed by atoms with van der Waals surface area (Å²) in [6, 6.07) is 16.0. The van der Waals surface area contributed by atoms with Crippen molar-refractivity contribution in [2.24, 2.45) is 0 Å². The molecular formula is C20H17N3O3. The molecule has 0 bridgehead atoms. The number of amides is 1. The van der Waals surface area contributed by atoms with Gasteiger partial charge in [0.05, 0.1) is 7.11 Å². The Kier molecular flexibility index (Phi) is 6.36. The predicted molar refractivity (Wildman–Crippen MR) is 97.5 cm³/mol. The minimum Gasteiger partial charge on any atom is -0.493 e. The van der Waals surface area contributed by atoms with Crippen molar-refractivity contribution in [3.63, 3.8) is 0 Å². The summed E-state index contributed by atoms with van der Waals surface area (Å²) >= 11 is 0. The summed E-state index contributed by atoms with van der Waals surface area (Å²) in [4.78, 5) is 12.0. The zero-order chi connectivity index (χ0) is 18.9. The van der Waals surface area contributed by atoms with Crippen LogP contribution in [-0.4, -0.2) is 19.6 Å². The maximum Gasteiger partial charge on any atom is 0.262 e. The topological polar surface area (TPSA) is 95.1 Å². The molecule has 6 nitrogen and oxygen atoms in total. The number of methoxy groups -OCH3 is 1. The zero-order valence-electron chi connectivity index (χ0n) is 14.4. The quantitative estimate of drug-likeness (QED) is 0.808. The van der Waals surface area contributed by atoms with E-state index in [2.05, 4.69) is 5.32 Å². The molecule has 0 aromatic heterocycles. The molecular weight excluding hydrogens is 330 g/mol. The van der Waals surface area contributed by atoms with Gasteiger partial charge in [0, 0.05) is 5.69 Å². The lowest BCUT2D eigenvalue weighted by molar-refractivity contribution is -0.118. The molecule has 6 heteroatoms. The van der Waals surface area contributed by atoms with Crippen LogP contribution in [0.4, 0.5) is 5.69 Å². The number of nitriles is 2. The average Bonchev–Trinajstić information content (AvgIpc) is 2.66. The minimum atomic E-state index is -0.295. The van der Waals surface area contributed by atoms with Gasteiger partial charge in [-0.05, 0) is 42.8 Å². The van der Waals surface area contributed by atoms with Crippen molar-refractivity contribution < 1.29 is 14.3 Å². The van der Waals surface area contributed by atoms with E-state index in [9.17, 15) is 4.79 Å². The third kappa shape index (κ3) is 5.12. The van der Waals surface area contributed by atoms with Crippen LogP contribution in [0.3, 0.4) is 0 Å². The van der Waals surface area contributed by atoms with E-state index < -0.39 is 0 Å². The molecule has 0 aliphatic rings. The molecule has 0 saturated heterocycles. The van der Waals surface area contributed by atoms with Gasteiger partial charge < -0.3 is 14.8 Å². The van der Waals surface area contributed by atoms with E-state index >= 15 is 0 Å². The van der Waals surface area contributed by atoms with Crippen LogP contribution >= 0.6 is 0 Å². The third-order valence-corrected chi connectivity index (χ3v) is 3.43. The van der Waals surface area contributed by atoms with Gasteiger partial charge in [0.1, 0.15) is 17.7 Å². The minimum absolute atomic E-state index is 0.0156. The van der Waals surface area contributed by atoms with Crippen molar-refractivity contribution in [1.29, 1.82) is 10.5 Å². The molecule has 1 N–H and O–H groups in total. The summed E-state index contributed by atoms with van der Waals surface area (Å²) in [5.74, 6) is 0.493. The van der Waals surface area contributed by atoms with Crippen molar-refractivity contribution in [3.8, 4) is 23.6 Å². The van der Waals surface area contributed by atoms with Gasteiger partial charge in [0.15, 0.2) is 18.1 Å². The Morgan fingerprint density at radius 1 is 1.12 bits per heavy atom. The molecule has 0 aliphatic heterocycles. The standard InChI is InChI=1S/C20H17N3O3/c1-14-3-6-17(7-4-14)23-20(24)13-26-18-8-5-15(10-19(18)25-2)9-16(11-21)12-22/h3-10H,13H2,1-2H3,(H,23,24). The van der Waals surface area contributed by atoms with E-state index in [-0.39, 0.29) is 18.1 Å². The van der Waals surface area contributed by atoms with Crippen molar-refractivity contribution in [3.05, 3.63) is 59.2 Å². The van der Waals surface area contributed by atoms with Crippen LogP contribution in [0.2, 0.25) is 0 Å². The lowest BCUT2D eigenvalue weighted by atomic mass is 10.1. The number of carbonyl (C=O) groups is 1. The smallest absolute Gasteiger partial charge is 0.262 e. The number of rotatable bonds is 6. The Morgan fingerprint density at radius 2 is 1.81 bits per heavy atom. The Labute approximate surface area is 151 Å². The second-order valence-electron chi connectivity index (χ2n) is 5.39. The first-order valence-electron chi connectivity index (χ1n) is 7.75. The summed E-state index contributed by atoms with van der Waals surface area (Å²) in [7, 11) is 1.47. The van der Waals surface area contributed by atoms with Gasteiger partial charge >= 0.3 is 0 Å². The fourth-order valence-corrected chi connectivity index (χ4v) is 2.13. The Bertz CT molecular complexity index is 887. The number of nitrogens with zero attached hydrogens (tertiary/aromatic N) is 2. The van der Waals surface area contributed by atoms with Crippen molar-refractivity contribution in [2.45, 2.75) is 6.92 Å². The van der Waals surface area contributed by atoms with Gasteiger partial charge in [0.2, 0.25) is 0 Å². The first-order chi connectivity index (χ1) is 12.5. The van der Waals surface area contributed by atoms with Gasteiger partial charge in [-0.3, -0.25) is 4.79 Å². The average molecular weight is 347 g/mol. The maximum absolute atomic E-state index is 12.0. The molecule has 2 aromatic carbocycles. The molecule has 26 heavy (non-hydrogen) atoms. The highest BCUT2D eigenvalue weighted by atomic mass is 16.5. The monoisotopic (exact) mass is 347 g/mol. The van der Waals surface area contributed by atoms with Crippen LogP contribution in [0.25, 0.3) is 6.08 Å². The number of ether oxygens (including phenoxy) is 2. The molecule has 0 aliphatic carbocycles. The Hall–Kier alpha value is -3.77. The number of hydrogen-bond donors (Lipinski definition) is 1. The fourth-order valence-electron chi connectivity index (χ4n) is 2.13. The van der Waals surface area contributed by atoms with E-state index in [1.165, 1.54) is 13.2 Å². The number of nitrogens with one attached hydrogen (secondary N) is 1. The molecule has 2 rings (SSSR count). The number of allylic oxidation sites excluding steroid dienone is 1. The number of anilines is 1. The second-order valence-corrected chi connectivity index (χ2v) is 5.39. The van der Waals surface area contributed by atoms with Crippen molar-refractivity contribution >= 4 is 17.7 Å². The number of benzene rings is 2. The van der Waals surface area contributed by atoms with Crippen molar-refractivity contribution in [2.75, 3.05) is 19.0 Å². The first-order valence-corrected chi connectivity index (χ1v) is 7.75. The highest BCUT2D eigenvalue weighted by Crippen LogP contribution is 2.29. The molecule has 0 radical (unpaired) electrons. The molecule has 1 amide bonds. The lowest BCUT2D eigenvalue weighted by Gasteiger charge is -2.11. The first kappa shape index (κ1) is 18.6. The van der Waals surface area contributed by atoms with Crippen LogP contribution < -0.4 is 14.8 Å². The predicted octanol–water partition coefficient (Wildman–Crippen LogP) is 3.45. The molecule has 0 atom stereocenters. The summed E-state index contributed by atoms with van der Waals surface area (Å²) in [6.07, 6.45) is 1.44. The molecule has 0 fully saturated rings. The van der Waals surface area contributed by atoms with Gasteiger partial charge in [-0.15, -0.1) is 0 Å². The second kappa shape index (κ2) is 8.91. The Morgan fingerprint density at radius 3 is 2.42 bits per heavy atom. The zero-order valence-corrected chi connectivity index (χ0v) is 14.4. The molecule has 130 valence electrons. The SMILES string of the molecule is COc1cc(C=C(C#N)C#N)ccc1OCC(=O)Nc1ccc(C)cc1.